The number of carbonyl (C=O) groups is 1. The highest BCUT2D eigenvalue weighted by atomic mass is 16.1. The van der Waals surface area contributed by atoms with Gasteiger partial charge in [-0.05, 0) is 63.2 Å². The Hall–Kier alpha value is -1.35. The largest absolute Gasteiger partial charge is 0.328 e. The average Bonchev–Trinajstić information content (AvgIpc) is 2.49. The van der Waals surface area contributed by atoms with E-state index in [4.69, 9.17) is 0 Å². The van der Waals surface area contributed by atoms with Crippen LogP contribution in [0.5, 0.6) is 0 Å². The topological polar surface area (TPSA) is 32.3 Å². The highest BCUT2D eigenvalue weighted by Crippen LogP contribution is 2.26. The summed E-state index contributed by atoms with van der Waals surface area (Å²) >= 11 is 0. The molecule has 1 aliphatic rings. The molecule has 0 spiro atoms. The Labute approximate surface area is 128 Å². The third kappa shape index (κ3) is 4.57. The van der Waals surface area contributed by atoms with Crippen molar-refractivity contribution in [2.45, 2.75) is 51.5 Å². The molecule has 21 heavy (non-hydrogen) atoms. The van der Waals surface area contributed by atoms with E-state index in [0.29, 0.717) is 0 Å². The van der Waals surface area contributed by atoms with Crippen molar-refractivity contribution in [2.75, 3.05) is 18.9 Å². The summed E-state index contributed by atoms with van der Waals surface area (Å²) in [5.41, 5.74) is 2.20. The minimum absolute atomic E-state index is 0.751. The monoisotopic (exact) mass is 288 g/mol. The van der Waals surface area contributed by atoms with E-state index in [9.17, 15) is 4.79 Å². The molecule has 0 radical (unpaired) electrons. The first kappa shape index (κ1) is 16.0. The number of hydrogen-bond acceptors (Lipinski definition) is 2. The van der Waals surface area contributed by atoms with Gasteiger partial charge in [0.05, 0.1) is 0 Å². The van der Waals surface area contributed by atoms with Crippen molar-refractivity contribution < 1.29 is 4.79 Å². The summed E-state index contributed by atoms with van der Waals surface area (Å²) < 4.78 is 0. The second kappa shape index (κ2) is 8.18. The lowest BCUT2D eigenvalue weighted by atomic mass is 9.88. The van der Waals surface area contributed by atoms with Gasteiger partial charge in [0, 0.05) is 11.7 Å². The Bertz CT molecular complexity index is 447. The fourth-order valence-electron chi connectivity index (χ4n) is 3.57. The second-order valence-corrected chi connectivity index (χ2v) is 6.33. The standard InChI is InChI=1S/C18H28N2O/c1-15(18-12-5-6-13-20(18)2)8-7-10-16-9-3-4-11-17(16)19-14-21/h3-4,9,11,14-15,18H,5-8,10,12-13H2,1-2H3,(H,19,21). The molecule has 2 atom stereocenters. The Kier molecular flexibility index (Phi) is 6.24. The van der Waals surface area contributed by atoms with E-state index in [1.54, 1.807) is 0 Å². The van der Waals surface area contributed by atoms with Gasteiger partial charge in [-0.3, -0.25) is 4.79 Å². The first-order chi connectivity index (χ1) is 10.2. The second-order valence-electron chi connectivity index (χ2n) is 6.33. The van der Waals surface area contributed by atoms with Crippen LogP contribution in [-0.2, 0) is 11.2 Å². The number of rotatable bonds is 7. The number of carbonyl (C=O) groups excluding carboxylic acids is 1. The Morgan fingerprint density at radius 3 is 2.95 bits per heavy atom. The number of benzene rings is 1. The highest BCUT2D eigenvalue weighted by Gasteiger charge is 2.23. The van der Waals surface area contributed by atoms with Gasteiger partial charge in [-0.1, -0.05) is 31.5 Å². The van der Waals surface area contributed by atoms with Crippen molar-refractivity contribution in [3.63, 3.8) is 0 Å². The van der Waals surface area contributed by atoms with Crippen molar-refractivity contribution in [3.05, 3.63) is 29.8 Å². The maximum atomic E-state index is 10.6. The molecule has 1 saturated heterocycles. The van der Waals surface area contributed by atoms with Gasteiger partial charge in [0.25, 0.3) is 0 Å². The number of anilines is 1. The molecule has 1 aromatic carbocycles. The van der Waals surface area contributed by atoms with Gasteiger partial charge >= 0.3 is 0 Å². The molecule has 1 fully saturated rings. The number of hydrogen-bond donors (Lipinski definition) is 1. The minimum Gasteiger partial charge on any atom is -0.328 e. The fraction of sp³-hybridized carbons (Fsp3) is 0.611. The minimum atomic E-state index is 0.751. The third-order valence-corrected chi connectivity index (χ3v) is 4.82. The Morgan fingerprint density at radius 1 is 1.38 bits per heavy atom. The molecule has 1 amide bonds. The highest BCUT2D eigenvalue weighted by molar-refractivity contribution is 5.73. The fourth-order valence-corrected chi connectivity index (χ4v) is 3.57. The van der Waals surface area contributed by atoms with Gasteiger partial charge in [-0.2, -0.15) is 0 Å². The molecule has 1 aromatic rings. The van der Waals surface area contributed by atoms with Gasteiger partial charge in [0.15, 0.2) is 0 Å². The number of likely N-dealkylation sites (tertiary alicyclic amines) is 1. The molecule has 0 aromatic heterocycles. The van der Waals surface area contributed by atoms with E-state index in [1.165, 1.54) is 44.2 Å². The van der Waals surface area contributed by atoms with Crippen molar-refractivity contribution in [1.29, 1.82) is 0 Å². The lowest BCUT2D eigenvalue weighted by Crippen LogP contribution is -2.40. The van der Waals surface area contributed by atoms with E-state index in [-0.39, 0.29) is 0 Å². The van der Waals surface area contributed by atoms with Gasteiger partial charge < -0.3 is 10.2 Å². The maximum absolute atomic E-state index is 10.6. The third-order valence-electron chi connectivity index (χ3n) is 4.82. The predicted octanol–water partition coefficient (Wildman–Crippen LogP) is 3.70. The van der Waals surface area contributed by atoms with Crippen molar-refractivity contribution in [1.82, 2.24) is 4.90 Å². The summed E-state index contributed by atoms with van der Waals surface area (Å²) in [6, 6.07) is 8.85. The first-order valence-electron chi connectivity index (χ1n) is 8.20. The molecule has 0 bridgehead atoms. The summed E-state index contributed by atoms with van der Waals surface area (Å²) in [6.45, 7) is 3.64. The van der Waals surface area contributed by atoms with E-state index in [0.717, 1.165) is 30.5 Å². The smallest absolute Gasteiger partial charge is 0.211 e. The SMILES string of the molecule is CC(CCCc1ccccc1NC=O)C1CCCCN1C. The van der Waals surface area contributed by atoms with Crippen molar-refractivity contribution in [2.24, 2.45) is 5.92 Å². The van der Waals surface area contributed by atoms with E-state index in [1.807, 2.05) is 18.2 Å². The Balaban J connectivity index is 1.82. The van der Waals surface area contributed by atoms with Crippen LogP contribution in [0.2, 0.25) is 0 Å². The summed E-state index contributed by atoms with van der Waals surface area (Å²) in [7, 11) is 2.27. The lowest BCUT2D eigenvalue weighted by molar-refractivity contribution is -0.105. The van der Waals surface area contributed by atoms with Crippen LogP contribution in [0.1, 0.15) is 44.6 Å². The molecule has 0 aliphatic carbocycles. The number of aryl methyl sites for hydroxylation is 1. The first-order valence-corrected chi connectivity index (χ1v) is 8.20. The molecule has 0 saturated carbocycles. The molecule has 3 nitrogen and oxygen atoms in total. The molecule has 1 N–H and O–H groups in total. The van der Waals surface area contributed by atoms with Crippen molar-refractivity contribution >= 4 is 12.1 Å². The summed E-state index contributed by atoms with van der Waals surface area (Å²) in [6.07, 6.45) is 8.32. The molecule has 3 heteroatoms. The zero-order chi connectivity index (χ0) is 15.1. The quantitative estimate of drug-likeness (QED) is 0.776. The van der Waals surface area contributed by atoms with Crippen LogP contribution in [0.25, 0.3) is 0 Å². The molecular formula is C18H28N2O. The van der Waals surface area contributed by atoms with Crippen LogP contribution in [0.4, 0.5) is 5.69 Å². The predicted molar refractivity (Wildman–Crippen MR) is 88.5 cm³/mol. The molecule has 1 heterocycles. The van der Waals surface area contributed by atoms with Gasteiger partial charge in [-0.15, -0.1) is 0 Å². The maximum Gasteiger partial charge on any atom is 0.211 e. The molecule has 116 valence electrons. The van der Waals surface area contributed by atoms with Gasteiger partial charge in [0.1, 0.15) is 0 Å². The summed E-state index contributed by atoms with van der Waals surface area (Å²) in [5, 5.41) is 2.80. The number of nitrogens with zero attached hydrogens (tertiary/aromatic N) is 1. The Morgan fingerprint density at radius 2 is 2.19 bits per heavy atom. The van der Waals surface area contributed by atoms with Crippen LogP contribution in [-0.4, -0.2) is 30.9 Å². The van der Waals surface area contributed by atoms with Gasteiger partial charge in [0.2, 0.25) is 6.41 Å². The number of piperidine rings is 1. The summed E-state index contributed by atoms with van der Waals surface area (Å²) in [5.74, 6) is 0.751. The van der Waals surface area contributed by atoms with Crippen molar-refractivity contribution in [3.8, 4) is 0 Å². The van der Waals surface area contributed by atoms with Crippen LogP contribution < -0.4 is 5.32 Å². The molecular weight excluding hydrogens is 260 g/mol. The normalized spacial score (nSPS) is 21.0. The van der Waals surface area contributed by atoms with E-state index >= 15 is 0 Å². The zero-order valence-electron chi connectivity index (χ0n) is 13.3. The van der Waals surface area contributed by atoms with Crippen LogP contribution >= 0.6 is 0 Å². The molecule has 2 unspecified atom stereocenters. The number of nitrogens with one attached hydrogen (secondary N) is 1. The number of para-hydroxylation sites is 1. The summed E-state index contributed by atoms with van der Waals surface area (Å²) in [4.78, 5) is 13.2. The number of amides is 1. The molecule has 1 aliphatic heterocycles. The van der Waals surface area contributed by atoms with Crippen LogP contribution in [0, 0.1) is 5.92 Å². The van der Waals surface area contributed by atoms with E-state index in [2.05, 4.69) is 30.3 Å². The zero-order valence-corrected chi connectivity index (χ0v) is 13.3. The lowest BCUT2D eigenvalue weighted by Gasteiger charge is -2.36. The van der Waals surface area contributed by atoms with E-state index < -0.39 is 0 Å². The average molecular weight is 288 g/mol. The van der Waals surface area contributed by atoms with Crippen LogP contribution in [0.15, 0.2) is 24.3 Å². The molecule has 2 rings (SSSR count). The van der Waals surface area contributed by atoms with Crippen LogP contribution in [0.3, 0.4) is 0 Å². The van der Waals surface area contributed by atoms with Gasteiger partial charge in [-0.25, -0.2) is 0 Å².